The Hall–Kier alpha value is -2.29. The summed E-state index contributed by atoms with van der Waals surface area (Å²) >= 11 is 8.40. The first kappa shape index (κ1) is 15.6. The van der Waals surface area contributed by atoms with Gasteiger partial charge in [0.15, 0.2) is 0 Å². The minimum absolute atomic E-state index is 0.00477. The second-order valence-corrected chi connectivity index (χ2v) is 7.26. The predicted molar refractivity (Wildman–Crippen MR) is 92.9 cm³/mol. The molecule has 0 aliphatic rings. The SMILES string of the molecule is O=C(N/N=C\c1ccc(Cl)s1)c1cc2cc([N+](=O)[O-])ccc2s1. The third-order valence-electron chi connectivity index (χ3n) is 2.89. The van der Waals surface area contributed by atoms with Crippen molar-refractivity contribution < 1.29 is 9.72 Å². The second kappa shape index (κ2) is 6.45. The van der Waals surface area contributed by atoms with Gasteiger partial charge in [0.25, 0.3) is 11.6 Å². The van der Waals surface area contributed by atoms with Crippen LogP contribution in [0.2, 0.25) is 4.34 Å². The number of hydrogen-bond acceptors (Lipinski definition) is 6. The lowest BCUT2D eigenvalue weighted by molar-refractivity contribution is -0.384. The van der Waals surface area contributed by atoms with Gasteiger partial charge in [0.2, 0.25) is 0 Å². The predicted octanol–water partition coefficient (Wildman–Crippen LogP) is 4.29. The Balaban J connectivity index is 1.75. The fourth-order valence-electron chi connectivity index (χ4n) is 1.86. The molecule has 0 radical (unpaired) electrons. The molecule has 0 atom stereocenters. The maximum Gasteiger partial charge on any atom is 0.281 e. The Morgan fingerprint density at radius 2 is 2.09 bits per heavy atom. The minimum Gasteiger partial charge on any atom is -0.266 e. The maximum atomic E-state index is 12.1. The molecule has 0 unspecified atom stereocenters. The van der Waals surface area contributed by atoms with E-state index < -0.39 is 4.92 Å². The Morgan fingerprint density at radius 1 is 1.26 bits per heavy atom. The summed E-state index contributed by atoms with van der Waals surface area (Å²) in [5.41, 5.74) is 2.42. The minimum atomic E-state index is -0.465. The number of hydrogen-bond donors (Lipinski definition) is 1. The molecule has 3 rings (SSSR count). The molecule has 2 aromatic heterocycles. The van der Waals surface area contributed by atoms with E-state index in [0.717, 1.165) is 9.58 Å². The monoisotopic (exact) mass is 365 g/mol. The third-order valence-corrected chi connectivity index (χ3v) is 5.17. The number of halogens is 1. The van der Waals surface area contributed by atoms with Gasteiger partial charge in [0.05, 0.1) is 20.4 Å². The lowest BCUT2D eigenvalue weighted by Gasteiger charge is -1.94. The van der Waals surface area contributed by atoms with E-state index in [1.165, 1.54) is 41.0 Å². The summed E-state index contributed by atoms with van der Waals surface area (Å²) in [5, 5.41) is 15.3. The van der Waals surface area contributed by atoms with Crippen LogP contribution in [0.5, 0.6) is 0 Å². The Kier molecular flexibility index (Phi) is 4.37. The van der Waals surface area contributed by atoms with Gasteiger partial charge in [-0.05, 0) is 24.3 Å². The van der Waals surface area contributed by atoms with Gasteiger partial charge >= 0.3 is 0 Å². The molecule has 0 saturated carbocycles. The molecule has 1 amide bonds. The number of amides is 1. The number of rotatable bonds is 4. The van der Waals surface area contributed by atoms with Crippen LogP contribution in [0.3, 0.4) is 0 Å². The van der Waals surface area contributed by atoms with Crippen LogP contribution in [0.15, 0.2) is 41.5 Å². The molecule has 6 nitrogen and oxygen atoms in total. The molecule has 2 heterocycles. The number of fused-ring (bicyclic) bond motifs is 1. The molecule has 116 valence electrons. The van der Waals surface area contributed by atoms with Crippen LogP contribution < -0.4 is 5.43 Å². The van der Waals surface area contributed by atoms with Crippen molar-refractivity contribution in [3.63, 3.8) is 0 Å². The highest BCUT2D eigenvalue weighted by Crippen LogP contribution is 2.28. The zero-order valence-corrected chi connectivity index (χ0v) is 13.7. The molecule has 0 fully saturated rings. The van der Waals surface area contributed by atoms with Crippen molar-refractivity contribution in [2.45, 2.75) is 0 Å². The Bertz CT molecular complexity index is 932. The summed E-state index contributed by atoms with van der Waals surface area (Å²) < 4.78 is 1.44. The number of carbonyl (C=O) groups excluding carboxylic acids is 1. The molecule has 23 heavy (non-hydrogen) atoms. The number of hydrazone groups is 1. The highest BCUT2D eigenvalue weighted by Gasteiger charge is 2.12. The molecule has 0 bridgehead atoms. The fraction of sp³-hybridized carbons (Fsp3) is 0. The molecule has 0 aliphatic heterocycles. The lowest BCUT2D eigenvalue weighted by atomic mass is 10.2. The van der Waals surface area contributed by atoms with Gasteiger partial charge in [-0.25, -0.2) is 5.43 Å². The van der Waals surface area contributed by atoms with Crippen molar-refractivity contribution >= 4 is 62.2 Å². The van der Waals surface area contributed by atoms with Crippen molar-refractivity contribution in [1.82, 2.24) is 5.43 Å². The van der Waals surface area contributed by atoms with Gasteiger partial charge in [-0.3, -0.25) is 14.9 Å². The quantitative estimate of drug-likeness (QED) is 0.425. The van der Waals surface area contributed by atoms with Crippen molar-refractivity contribution in [3.05, 3.63) is 60.6 Å². The van der Waals surface area contributed by atoms with Crippen molar-refractivity contribution in [2.24, 2.45) is 5.10 Å². The number of nitrogens with zero attached hydrogens (tertiary/aromatic N) is 2. The molecule has 0 spiro atoms. The number of carbonyl (C=O) groups is 1. The van der Waals surface area contributed by atoms with Crippen LogP contribution in [-0.2, 0) is 0 Å². The first-order valence-electron chi connectivity index (χ1n) is 6.29. The average molecular weight is 366 g/mol. The van der Waals surface area contributed by atoms with Crippen molar-refractivity contribution in [1.29, 1.82) is 0 Å². The molecule has 0 aliphatic carbocycles. The lowest BCUT2D eigenvalue weighted by Crippen LogP contribution is -2.15. The van der Waals surface area contributed by atoms with E-state index in [0.29, 0.717) is 14.6 Å². The number of nitro benzene ring substituents is 1. The summed E-state index contributed by atoms with van der Waals surface area (Å²) in [6.45, 7) is 0. The standard InChI is InChI=1S/C14H8ClN3O3S2/c15-13-4-2-10(22-13)7-16-17-14(19)12-6-8-5-9(18(20)21)1-3-11(8)23-12/h1-7H,(H,17,19)/b16-7-. The zero-order chi connectivity index (χ0) is 16.4. The fourth-order valence-corrected chi connectivity index (χ4v) is 3.73. The summed E-state index contributed by atoms with van der Waals surface area (Å²) in [5.74, 6) is -0.368. The Morgan fingerprint density at radius 3 is 2.78 bits per heavy atom. The van der Waals surface area contributed by atoms with E-state index >= 15 is 0 Å². The van der Waals surface area contributed by atoms with Gasteiger partial charge < -0.3 is 0 Å². The summed E-state index contributed by atoms with van der Waals surface area (Å²) in [4.78, 5) is 23.6. The van der Waals surface area contributed by atoms with Crippen LogP contribution in [-0.4, -0.2) is 17.0 Å². The van der Waals surface area contributed by atoms with Crippen LogP contribution in [0.25, 0.3) is 10.1 Å². The molecular formula is C14H8ClN3O3S2. The summed E-state index contributed by atoms with van der Waals surface area (Å²) in [6.07, 6.45) is 1.51. The van der Waals surface area contributed by atoms with Gasteiger partial charge in [0.1, 0.15) is 0 Å². The molecule has 0 saturated heterocycles. The maximum absolute atomic E-state index is 12.1. The number of non-ortho nitro benzene ring substituents is 1. The van der Waals surface area contributed by atoms with Crippen LogP contribution in [0, 0.1) is 10.1 Å². The highest BCUT2D eigenvalue weighted by molar-refractivity contribution is 7.20. The van der Waals surface area contributed by atoms with Crippen LogP contribution >= 0.6 is 34.3 Å². The van der Waals surface area contributed by atoms with Gasteiger partial charge in [-0.1, -0.05) is 11.6 Å². The smallest absolute Gasteiger partial charge is 0.266 e. The molecule has 1 N–H and O–H groups in total. The van der Waals surface area contributed by atoms with Crippen molar-refractivity contribution in [3.8, 4) is 0 Å². The van der Waals surface area contributed by atoms with Crippen LogP contribution in [0.4, 0.5) is 5.69 Å². The first-order chi connectivity index (χ1) is 11.0. The number of benzene rings is 1. The Labute approximate surface area is 143 Å². The van der Waals surface area contributed by atoms with E-state index in [9.17, 15) is 14.9 Å². The van der Waals surface area contributed by atoms with Gasteiger partial charge in [-0.2, -0.15) is 5.10 Å². The normalized spacial score (nSPS) is 11.2. The van der Waals surface area contributed by atoms with E-state index in [1.807, 2.05) is 0 Å². The van der Waals surface area contributed by atoms with E-state index in [2.05, 4.69) is 10.5 Å². The van der Waals surface area contributed by atoms with Crippen LogP contribution in [0.1, 0.15) is 14.5 Å². The van der Waals surface area contributed by atoms with E-state index in [-0.39, 0.29) is 11.6 Å². The molecule has 9 heteroatoms. The zero-order valence-electron chi connectivity index (χ0n) is 11.4. The molecular weight excluding hydrogens is 358 g/mol. The first-order valence-corrected chi connectivity index (χ1v) is 8.31. The second-order valence-electron chi connectivity index (χ2n) is 4.43. The van der Waals surface area contributed by atoms with Gasteiger partial charge in [0, 0.05) is 27.1 Å². The average Bonchev–Trinajstić information content (AvgIpc) is 3.12. The molecule has 1 aromatic carbocycles. The molecule has 3 aromatic rings. The number of nitro groups is 1. The van der Waals surface area contributed by atoms with E-state index in [4.69, 9.17) is 11.6 Å². The third kappa shape index (κ3) is 3.55. The van der Waals surface area contributed by atoms with Crippen molar-refractivity contribution in [2.75, 3.05) is 0 Å². The van der Waals surface area contributed by atoms with Gasteiger partial charge in [-0.15, -0.1) is 22.7 Å². The number of nitrogens with one attached hydrogen (secondary N) is 1. The largest absolute Gasteiger partial charge is 0.281 e. The number of thiophene rings is 2. The highest BCUT2D eigenvalue weighted by atomic mass is 35.5. The summed E-state index contributed by atoms with van der Waals surface area (Å²) in [6, 6.07) is 9.64. The van der Waals surface area contributed by atoms with E-state index in [1.54, 1.807) is 24.3 Å². The topological polar surface area (TPSA) is 84.6 Å². The summed E-state index contributed by atoms with van der Waals surface area (Å²) in [7, 11) is 0.